The summed E-state index contributed by atoms with van der Waals surface area (Å²) in [6.45, 7) is 11.3. The van der Waals surface area contributed by atoms with Crippen LogP contribution in [0.1, 0.15) is 33.6 Å². The summed E-state index contributed by atoms with van der Waals surface area (Å²) < 4.78 is 0. The number of hydrogen-bond acceptors (Lipinski definition) is 3. The van der Waals surface area contributed by atoms with Gasteiger partial charge in [-0.25, -0.2) is 0 Å². The van der Waals surface area contributed by atoms with E-state index in [9.17, 15) is 0 Å². The molecule has 1 aliphatic heterocycles. The molecule has 0 radical (unpaired) electrons. The van der Waals surface area contributed by atoms with E-state index >= 15 is 0 Å². The van der Waals surface area contributed by atoms with Crippen LogP contribution in [-0.4, -0.2) is 49.7 Å². The first kappa shape index (κ1) is 12.9. The molecule has 0 amide bonds. The van der Waals surface area contributed by atoms with Crippen molar-refractivity contribution in [3.8, 4) is 0 Å². The standard InChI is InChI=1S/C12H27N3/c1-12(2,3)14-8-7-13-11-5-9-15(4)10-6-11/h11,13-14H,5-10H2,1-4H3. The Morgan fingerprint density at radius 1 is 1.13 bits per heavy atom. The van der Waals surface area contributed by atoms with Crippen LogP contribution in [0, 0.1) is 0 Å². The molecule has 0 aromatic carbocycles. The molecule has 2 N–H and O–H groups in total. The Labute approximate surface area is 94.6 Å². The SMILES string of the molecule is CN1CCC(NCCNC(C)(C)C)CC1. The molecular formula is C12H27N3. The van der Waals surface area contributed by atoms with Crippen LogP contribution in [0.25, 0.3) is 0 Å². The Hall–Kier alpha value is -0.120. The Morgan fingerprint density at radius 2 is 1.73 bits per heavy atom. The highest BCUT2D eigenvalue weighted by Crippen LogP contribution is 2.07. The molecular weight excluding hydrogens is 186 g/mol. The zero-order chi connectivity index (χ0) is 11.3. The number of piperidine rings is 1. The van der Waals surface area contributed by atoms with Gasteiger partial charge in [0.2, 0.25) is 0 Å². The van der Waals surface area contributed by atoms with Gasteiger partial charge in [0, 0.05) is 24.7 Å². The molecule has 0 bridgehead atoms. The third-order valence-electron chi connectivity index (χ3n) is 2.93. The van der Waals surface area contributed by atoms with Gasteiger partial charge in [-0.1, -0.05) is 0 Å². The van der Waals surface area contributed by atoms with Crippen molar-refractivity contribution in [2.24, 2.45) is 0 Å². The van der Waals surface area contributed by atoms with Gasteiger partial charge < -0.3 is 15.5 Å². The summed E-state index contributed by atoms with van der Waals surface area (Å²) in [7, 11) is 2.21. The van der Waals surface area contributed by atoms with Crippen molar-refractivity contribution in [1.82, 2.24) is 15.5 Å². The molecule has 0 spiro atoms. The van der Waals surface area contributed by atoms with Crippen LogP contribution in [0.3, 0.4) is 0 Å². The van der Waals surface area contributed by atoms with Crippen LogP contribution in [0.2, 0.25) is 0 Å². The molecule has 1 fully saturated rings. The minimum Gasteiger partial charge on any atom is -0.313 e. The third-order valence-corrected chi connectivity index (χ3v) is 2.93. The lowest BCUT2D eigenvalue weighted by Crippen LogP contribution is -2.45. The van der Waals surface area contributed by atoms with E-state index in [2.05, 4.69) is 43.4 Å². The van der Waals surface area contributed by atoms with Gasteiger partial charge in [-0.3, -0.25) is 0 Å². The van der Waals surface area contributed by atoms with Crippen molar-refractivity contribution in [2.45, 2.75) is 45.2 Å². The maximum Gasteiger partial charge on any atom is 0.00970 e. The van der Waals surface area contributed by atoms with E-state index in [1.165, 1.54) is 25.9 Å². The molecule has 0 saturated carbocycles. The molecule has 1 aliphatic rings. The summed E-state index contributed by atoms with van der Waals surface area (Å²) in [6, 6.07) is 0.739. The first-order valence-corrected chi connectivity index (χ1v) is 6.14. The highest BCUT2D eigenvalue weighted by Gasteiger charge is 2.15. The van der Waals surface area contributed by atoms with Gasteiger partial charge in [-0.2, -0.15) is 0 Å². The van der Waals surface area contributed by atoms with Gasteiger partial charge in [0.05, 0.1) is 0 Å². The molecule has 1 rings (SSSR count). The normalized spacial score (nSPS) is 20.8. The van der Waals surface area contributed by atoms with E-state index in [-0.39, 0.29) is 5.54 Å². The number of hydrogen-bond donors (Lipinski definition) is 2. The highest BCUT2D eigenvalue weighted by atomic mass is 15.1. The fourth-order valence-corrected chi connectivity index (χ4v) is 1.93. The van der Waals surface area contributed by atoms with Crippen LogP contribution >= 0.6 is 0 Å². The summed E-state index contributed by atoms with van der Waals surface area (Å²) in [5.41, 5.74) is 0.245. The van der Waals surface area contributed by atoms with E-state index in [1.54, 1.807) is 0 Å². The number of nitrogens with one attached hydrogen (secondary N) is 2. The van der Waals surface area contributed by atoms with Gasteiger partial charge in [0.1, 0.15) is 0 Å². The van der Waals surface area contributed by atoms with Gasteiger partial charge in [-0.15, -0.1) is 0 Å². The summed E-state index contributed by atoms with van der Waals surface area (Å²) in [5, 5.41) is 7.12. The zero-order valence-electron chi connectivity index (χ0n) is 10.8. The Bertz CT molecular complexity index is 166. The van der Waals surface area contributed by atoms with Crippen LogP contribution in [-0.2, 0) is 0 Å². The summed E-state index contributed by atoms with van der Waals surface area (Å²) >= 11 is 0. The smallest absolute Gasteiger partial charge is 0.00970 e. The molecule has 0 aromatic rings. The van der Waals surface area contributed by atoms with Crippen molar-refractivity contribution < 1.29 is 0 Å². The third kappa shape index (κ3) is 6.13. The van der Waals surface area contributed by atoms with Crippen LogP contribution < -0.4 is 10.6 Å². The predicted octanol–water partition coefficient (Wildman–Crippen LogP) is 1.06. The highest BCUT2D eigenvalue weighted by molar-refractivity contribution is 4.76. The zero-order valence-corrected chi connectivity index (χ0v) is 10.8. The van der Waals surface area contributed by atoms with E-state index in [1.807, 2.05) is 0 Å². The van der Waals surface area contributed by atoms with Crippen LogP contribution in [0.4, 0.5) is 0 Å². The molecule has 0 atom stereocenters. The largest absolute Gasteiger partial charge is 0.313 e. The molecule has 3 nitrogen and oxygen atoms in total. The second-order valence-corrected chi connectivity index (χ2v) is 5.71. The van der Waals surface area contributed by atoms with Crippen molar-refractivity contribution in [3.63, 3.8) is 0 Å². The molecule has 1 saturated heterocycles. The van der Waals surface area contributed by atoms with Gasteiger partial charge in [0.25, 0.3) is 0 Å². The van der Waals surface area contributed by atoms with Crippen molar-refractivity contribution in [3.05, 3.63) is 0 Å². The van der Waals surface area contributed by atoms with Gasteiger partial charge >= 0.3 is 0 Å². The predicted molar refractivity (Wildman–Crippen MR) is 66.3 cm³/mol. The Kier molecular flexibility index (Phi) is 5.03. The molecule has 0 unspecified atom stereocenters. The molecule has 15 heavy (non-hydrogen) atoms. The average molecular weight is 213 g/mol. The van der Waals surface area contributed by atoms with Gasteiger partial charge in [-0.05, 0) is 53.8 Å². The lowest BCUT2D eigenvalue weighted by molar-refractivity contribution is 0.234. The van der Waals surface area contributed by atoms with Crippen molar-refractivity contribution in [1.29, 1.82) is 0 Å². The Balaban J connectivity index is 2.01. The molecule has 0 aromatic heterocycles. The average Bonchev–Trinajstić information content (AvgIpc) is 2.14. The molecule has 1 heterocycles. The van der Waals surface area contributed by atoms with Crippen LogP contribution in [0.5, 0.6) is 0 Å². The lowest BCUT2D eigenvalue weighted by Gasteiger charge is -2.30. The van der Waals surface area contributed by atoms with Crippen molar-refractivity contribution in [2.75, 3.05) is 33.2 Å². The number of nitrogens with zero attached hydrogens (tertiary/aromatic N) is 1. The quantitative estimate of drug-likeness (QED) is 0.684. The van der Waals surface area contributed by atoms with Crippen molar-refractivity contribution >= 4 is 0 Å². The van der Waals surface area contributed by atoms with E-state index in [0.717, 1.165) is 19.1 Å². The van der Waals surface area contributed by atoms with E-state index in [0.29, 0.717) is 0 Å². The molecule has 3 heteroatoms. The fraction of sp³-hybridized carbons (Fsp3) is 1.00. The summed E-state index contributed by atoms with van der Waals surface area (Å²) in [6.07, 6.45) is 2.60. The number of rotatable bonds is 4. The topological polar surface area (TPSA) is 27.3 Å². The minimum absolute atomic E-state index is 0.245. The number of likely N-dealkylation sites (tertiary alicyclic amines) is 1. The first-order chi connectivity index (χ1) is 6.97. The summed E-state index contributed by atoms with van der Waals surface area (Å²) in [4.78, 5) is 2.41. The maximum atomic E-state index is 3.63. The van der Waals surface area contributed by atoms with Crippen LogP contribution in [0.15, 0.2) is 0 Å². The fourth-order valence-electron chi connectivity index (χ4n) is 1.93. The molecule has 0 aliphatic carbocycles. The second-order valence-electron chi connectivity index (χ2n) is 5.71. The van der Waals surface area contributed by atoms with E-state index < -0.39 is 0 Å². The minimum atomic E-state index is 0.245. The Morgan fingerprint density at radius 3 is 2.27 bits per heavy atom. The maximum absolute atomic E-state index is 3.63. The first-order valence-electron chi connectivity index (χ1n) is 6.14. The van der Waals surface area contributed by atoms with E-state index in [4.69, 9.17) is 0 Å². The van der Waals surface area contributed by atoms with Gasteiger partial charge in [0.15, 0.2) is 0 Å². The monoisotopic (exact) mass is 213 g/mol. The lowest BCUT2D eigenvalue weighted by atomic mass is 10.1. The summed E-state index contributed by atoms with van der Waals surface area (Å²) in [5.74, 6) is 0. The second kappa shape index (κ2) is 5.83. The molecule has 90 valence electrons.